The zero-order chi connectivity index (χ0) is 18.6. The minimum atomic E-state index is -1.22. The van der Waals surface area contributed by atoms with E-state index in [1.807, 2.05) is 19.9 Å². The number of carboxylic acids is 1. The van der Waals surface area contributed by atoms with Crippen molar-refractivity contribution < 1.29 is 19.1 Å². The molecule has 1 aromatic carbocycles. The fourth-order valence-electron chi connectivity index (χ4n) is 2.53. The van der Waals surface area contributed by atoms with Crippen LogP contribution in [-0.4, -0.2) is 34.6 Å². The first-order chi connectivity index (χ1) is 11.8. The van der Waals surface area contributed by atoms with E-state index in [-0.39, 0.29) is 12.1 Å². The fourth-order valence-corrected chi connectivity index (χ4v) is 2.53. The van der Waals surface area contributed by atoms with Gasteiger partial charge in [0.25, 0.3) is 5.91 Å². The second-order valence-electron chi connectivity index (χ2n) is 5.69. The monoisotopic (exact) mass is 345 g/mol. The van der Waals surface area contributed by atoms with Crippen LogP contribution in [0.15, 0.2) is 30.5 Å². The maximum atomic E-state index is 14.0. The van der Waals surface area contributed by atoms with Gasteiger partial charge in [0.05, 0.1) is 0 Å². The van der Waals surface area contributed by atoms with Crippen LogP contribution < -0.4 is 11.1 Å². The molecule has 7 heteroatoms. The highest BCUT2D eigenvalue weighted by molar-refractivity contribution is 5.96. The van der Waals surface area contributed by atoms with Crippen molar-refractivity contribution in [2.45, 2.75) is 26.3 Å². The first-order valence-electron chi connectivity index (χ1n) is 7.85. The topological polar surface area (TPSA) is 105 Å². The average molecular weight is 345 g/mol. The standard InChI is InChI=1S/C18H20FN3O3/c1-3-15-16(10(2)4-5-21-15)11-6-12(8-13(19)7-11)17(23)22-9-14(20)18(24)25/h4-8,14H,3,9,20H2,1-2H3,(H,22,23)(H,24,25)/t14-/m1/s1. The number of pyridine rings is 1. The Morgan fingerprint density at radius 3 is 2.72 bits per heavy atom. The number of benzene rings is 1. The predicted octanol–water partition coefficient (Wildman–Crippen LogP) is 1.90. The third-order valence-corrected chi connectivity index (χ3v) is 3.82. The summed E-state index contributed by atoms with van der Waals surface area (Å²) in [4.78, 5) is 27.2. The van der Waals surface area contributed by atoms with Gasteiger partial charge in [-0.05, 0) is 48.7 Å². The zero-order valence-corrected chi connectivity index (χ0v) is 14.0. The van der Waals surface area contributed by atoms with E-state index in [2.05, 4.69) is 10.3 Å². The molecule has 0 bridgehead atoms. The molecule has 0 aliphatic carbocycles. The number of carbonyl (C=O) groups is 2. The molecule has 0 saturated heterocycles. The molecular weight excluding hydrogens is 325 g/mol. The Morgan fingerprint density at radius 2 is 2.08 bits per heavy atom. The SMILES string of the molecule is CCc1nccc(C)c1-c1cc(F)cc(C(=O)NC[C@@H](N)C(=O)O)c1. The van der Waals surface area contributed by atoms with Gasteiger partial charge in [0, 0.05) is 29.6 Å². The van der Waals surface area contributed by atoms with Crippen LogP contribution in [0.4, 0.5) is 4.39 Å². The van der Waals surface area contributed by atoms with Crippen molar-refractivity contribution in [2.75, 3.05) is 6.54 Å². The molecule has 1 heterocycles. The molecule has 0 aliphatic heterocycles. The van der Waals surface area contributed by atoms with Gasteiger partial charge in [-0.25, -0.2) is 4.39 Å². The normalized spacial score (nSPS) is 11.8. The maximum Gasteiger partial charge on any atom is 0.322 e. The molecule has 0 radical (unpaired) electrons. The highest BCUT2D eigenvalue weighted by atomic mass is 19.1. The lowest BCUT2D eigenvalue weighted by atomic mass is 9.96. The zero-order valence-electron chi connectivity index (χ0n) is 14.0. The first-order valence-corrected chi connectivity index (χ1v) is 7.85. The molecule has 1 aromatic heterocycles. The Hall–Kier alpha value is -2.80. The number of nitrogens with two attached hydrogens (primary N) is 1. The number of hydrogen-bond donors (Lipinski definition) is 3. The summed E-state index contributed by atoms with van der Waals surface area (Å²) in [6, 6.07) is 4.62. The highest BCUT2D eigenvalue weighted by Crippen LogP contribution is 2.28. The smallest absolute Gasteiger partial charge is 0.322 e. The number of amides is 1. The number of aliphatic carboxylic acids is 1. The summed E-state index contributed by atoms with van der Waals surface area (Å²) in [5.74, 6) is -2.37. The molecule has 4 N–H and O–H groups in total. The molecule has 2 rings (SSSR count). The number of halogens is 1. The molecule has 132 valence electrons. The van der Waals surface area contributed by atoms with Gasteiger partial charge in [0.2, 0.25) is 0 Å². The number of aromatic nitrogens is 1. The summed E-state index contributed by atoms with van der Waals surface area (Å²) in [6.45, 7) is 3.60. The number of hydrogen-bond acceptors (Lipinski definition) is 4. The van der Waals surface area contributed by atoms with Gasteiger partial charge >= 0.3 is 5.97 Å². The lowest BCUT2D eigenvalue weighted by molar-refractivity contribution is -0.138. The summed E-state index contributed by atoms with van der Waals surface area (Å²) in [5.41, 5.74) is 8.53. The van der Waals surface area contributed by atoms with Crippen molar-refractivity contribution in [3.05, 3.63) is 53.1 Å². The van der Waals surface area contributed by atoms with E-state index >= 15 is 0 Å². The van der Waals surface area contributed by atoms with Crippen LogP contribution >= 0.6 is 0 Å². The predicted molar refractivity (Wildman–Crippen MR) is 91.7 cm³/mol. The Morgan fingerprint density at radius 1 is 1.36 bits per heavy atom. The summed E-state index contributed by atoms with van der Waals surface area (Å²) in [5, 5.41) is 11.1. The lowest BCUT2D eigenvalue weighted by Gasteiger charge is -2.13. The van der Waals surface area contributed by atoms with E-state index in [0.717, 1.165) is 22.9 Å². The molecular formula is C18H20FN3O3. The first kappa shape index (κ1) is 18.5. The van der Waals surface area contributed by atoms with Crippen LogP contribution in [0, 0.1) is 12.7 Å². The number of rotatable bonds is 6. The summed E-state index contributed by atoms with van der Waals surface area (Å²) >= 11 is 0. The van der Waals surface area contributed by atoms with Crippen LogP contribution in [0.2, 0.25) is 0 Å². The van der Waals surface area contributed by atoms with E-state index in [1.54, 1.807) is 12.3 Å². The Balaban J connectivity index is 2.36. The molecule has 6 nitrogen and oxygen atoms in total. The highest BCUT2D eigenvalue weighted by Gasteiger charge is 2.16. The van der Waals surface area contributed by atoms with Gasteiger partial charge in [-0.15, -0.1) is 0 Å². The van der Waals surface area contributed by atoms with Crippen LogP contribution in [-0.2, 0) is 11.2 Å². The van der Waals surface area contributed by atoms with Crippen molar-refractivity contribution in [1.29, 1.82) is 0 Å². The van der Waals surface area contributed by atoms with E-state index < -0.39 is 23.7 Å². The molecule has 0 fully saturated rings. The third-order valence-electron chi connectivity index (χ3n) is 3.82. The third kappa shape index (κ3) is 4.39. The Kier molecular flexibility index (Phi) is 5.82. The number of carbonyl (C=O) groups excluding carboxylic acids is 1. The van der Waals surface area contributed by atoms with Gasteiger partial charge in [0.15, 0.2) is 0 Å². The molecule has 0 saturated carbocycles. The largest absolute Gasteiger partial charge is 0.480 e. The van der Waals surface area contributed by atoms with E-state index in [0.29, 0.717) is 12.0 Å². The van der Waals surface area contributed by atoms with Gasteiger partial charge in [-0.3, -0.25) is 14.6 Å². The minimum absolute atomic E-state index is 0.0953. The Labute approximate surface area is 144 Å². The van der Waals surface area contributed by atoms with Crippen LogP contribution in [0.25, 0.3) is 11.1 Å². The lowest BCUT2D eigenvalue weighted by Crippen LogP contribution is -2.42. The molecule has 0 unspecified atom stereocenters. The van der Waals surface area contributed by atoms with E-state index in [1.165, 1.54) is 6.07 Å². The molecule has 2 aromatic rings. The number of carboxylic acid groups (broad SMARTS) is 1. The summed E-state index contributed by atoms with van der Waals surface area (Å²) in [7, 11) is 0. The maximum absolute atomic E-state index is 14.0. The van der Waals surface area contributed by atoms with Gasteiger partial charge in [0.1, 0.15) is 11.9 Å². The van der Waals surface area contributed by atoms with Crippen LogP contribution in [0.3, 0.4) is 0 Å². The quantitative estimate of drug-likeness (QED) is 0.741. The molecule has 1 amide bonds. The second-order valence-corrected chi connectivity index (χ2v) is 5.69. The second kappa shape index (κ2) is 7.85. The van der Waals surface area contributed by atoms with Crippen molar-refractivity contribution >= 4 is 11.9 Å². The molecule has 25 heavy (non-hydrogen) atoms. The van der Waals surface area contributed by atoms with Crippen molar-refractivity contribution in [2.24, 2.45) is 5.73 Å². The fraction of sp³-hybridized carbons (Fsp3) is 0.278. The van der Waals surface area contributed by atoms with E-state index in [9.17, 15) is 14.0 Å². The average Bonchev–Trinajstić information content (AvgIpc) is 2.58. The number of nitrogens with one attached hydrogen (secondary N) is 1. The molecule has 1 atom stereocenters. The van der Waals surface area contributed by atoms with Gasteiger partial charge < -0.3 is 16.2 Å². The summed E-state index contributed by atoms with van der Waals surface area (Å²) in [6.07, 6.45) is 2.36. The van der Waals surface area contributed by atoms with Crippen molar-refractivity contribution in [3.8, 4) is 11.1 Å². The molecule has 0 spiro atoms. The van der Waals surface area contributed by atoms with Crippen LogP contribution in [0.1, 0.15) is 28.5 Å². The van der Waals surface area contributed by atoms with Gasteiger partial charge in [-0.1, -0.05) is 6.92 Å². The van der Waals surface area contributed by atoms with Gasteiger partial charge in [-0.2, -0.15) is 0 Å². The van der Waals surface area contributed by atoms with Crippen molar-refractivity contribution in [1.82, 2.24) is 10.3 Å². The minimum Gasteiger partial charge on any atom is -0.480 e. The number of nitrogens with zero attached hydrogens (tertiary/aromatic N) is 1. The van der Waals surface area contributed by atoms with Crippen molar-refractivity contribution in [3.63, 3.8) is 0 Å². The number of aryl methyl sites for hydroxylation is 2. The Bertz CT molecular complexity index is 808. The van der Waals surface area contributed by atoms with E-state index in [4.69, 9.17) is 10.8 Å². The van der Waals surface area contributed by atoms with Crippen LogP contribution in [0.5, 0.6) is 0 Å². The molecule has 0 aliphatic rings. The summed E-state index contributed by atoms with van der Waals surface area (Å²) < 4.78 is 14.0.